The minimum absolute atomic E-state index is 0.198. The lowest BCUT2D eigenvalue weighted by Gasteiger charge is -2.61. The number of hydrogen-bond donors (Lipinski definition) is 2. The van der Waals surface area contributed by atoms with Crippen molar-refractivity contribution >= 4 is 0 Å². The summed E-state index contributed by atoms with van der Waals surface area (Å²) in [6, 6.07) is 0. The Labute approximate surface area is 112 Å². The van der Waals surface area contributed by atoms with Crippen molar-refractivity contribution in [3.05, 3.63) is 0 Å². The second kappa shape index (κ2) is 4.49. The van der Waals surface area contributed by atoms with Crippen molar-refractivity contribution in [3.63, 3.8) is 0 Å². The topological polar surface area (TPSA) is 40.5 Å². The van der Waals surface area contributed by atoms with E-state index in [-0.39, 0.29) is 17.9 Å². The summed E-state index contributed by atoms with van der Waals surface area (Å²) in [6.07, 6.45) is 6.55. The highest BCUT2D eigenvalue weighted by Gasteiger charge is 2.57. The average molecular weight is 254 g/mol. The van der Waals surface area contributed by atoms with Crippen LogP contribution in [0.15, 0.2) is 0 Å². The summed E-state index contributed by atoms with van der Waals surface area (Å²) in [5.74, 6) is 0.934. The predicted molar refractivity (Wildman–Crippen MR) is 74.3 cm³/mol. The maximum Gasteiger partial charge on any atom is 0.0654 e. The van der Waals surface area contributed by atoms with Crippen molar-refractivity contribution in [2.75, 3.05) is 6.61 Å². The van der Waals surface area contributed by atoms with E-state index < -0.39 is 5.60 Å². The van der Waals surface area contributed by atoms with Crippen molar-refractivity contribution in [1.29, 1.82) is 0 Å². The Morgan fingerprint density at radius 1 is 1.06 bits per heavy atom. The molecule has 0 radical (unpaired) electrons. The van der Waals surface area contributed by atoms with Crippen LogP contribution in [0.2, 0.25) is 0 Å². The van der Waals surface area contributed by atoms with Crippen LogP contribution in [-0.4, -0.2) is 22.4 Å². The van der Waals surface area contributed by atoms with Gasteiger partial charge in [0.15, 0.2) is 0 Å². The van der Waals surface area contributed by atoms with E-state index in [1.54, 1.807) is 0 Å². The third kappa shape index (κ3) is 2.12. The zero-order valence-corrected chi connectivity index (χ0v) is 12.5. The number of aliphatic hydroxyl groups is 2. The molecule has 2 nitrogen and oxygen atoms in total. The molecule has 2 saturated carbocycles. The molecule has 4 atom stereocenters. The number of hydrogen-bond acceptors (Lipinski definition) is 2. The Hall–Kier alpha value is -0.0800. The highest BCUT2D eigenvalue weighted by Crippen LogP contribution is 2.62. The van der Waals surface area contributed by atoms with Gasteiger partial charge in [-0.15, -0.1) is 0 Å². The predicted octanol–water partition coefficient (Wildman–Crippen LogP) is 3.36. The highest BCUT2D eigenvalue weighted by atomic mass is 16.3. The van der Waals surface area contributed by atoms with Crippen molar-refractivity contribution in [2.24, 2.45) is 22.7 Å². The minimum atomic E-state index is -0.596. The van der Waals surface area contributed by atoms with Crippen molar-refractivity contribution in [1.82, 2.24) is 0 Å². The molecule has 2 aliphatic carbocycles. The van der Waals surface area contributed by atoms with Gasteiger partial charge in [0.25, 0.3) is 0 Å². The van der Waals surface area contributed by atoms with E-state index >= 15 is 0 Å². The molecule has 0 aliphatic heterocycles. The van der Waals surface area contributed by atoms with Gasteiger partial charge in [0, 0.05) is 6.61 Å². The van der Waals surface area contributed by atoms with Crippen LogP contribution in [0.3, 0.4) is 0 Å². The molecule has 18 heavy (non-hydrogen) atoms. The van der Waals surface area contributed by atoms with Gasteiger partial charge in [0.05, 0.1) is 5.60 Å². The SMILES string of the molecule is CC1(C)CCCC2(C)C1CC[C@](C)(O)[C@@H]2CCO. The molecular weight excluding hydrogens is 224 g/mol. The molecule has 2 fully saturated rings. The van der Waals surface area contributed by atoms with Gasteiger partial charge in [-0.05, 0) is 61.7 Å². The summed E-state index contributed by atoms with van der Waals surface area (Å²) in [5.41, 5.74) is -0.00909. The molecule has 106 valence electrons. The Morgan fingerprint density at radius 2 is 1.72 bits per heavy atom. The maximum absolute atomic E-state index is 10.7. The fourth-order valence-corrected chi connectivity index (χ4v) is 5.39. The lowest BCUT2D eigenvalue weighted by molar-refractivity contribution is -0.171. The first-order valence-electron chi connectivity index (χ1n) is 7.57. The zero-order chi connectivity index (χ0) is 13.6. The normalized spacial score (nSPS) is 47.7. The number of fused-ring (bicyclic) bond motifs is 1. The summed E-state index contributed by atoms with van der Waals surface area (Å²) in [7, 11) is 0. The minimum Gasteiger partial charge on any atom is -0.396 e. The molecule has 2 rings (SSSR count). The molecule has 0 aromatic carbocycles. The van der Waals surface area contributed by atoms with Gasteiger partial charge in [-0.2, -0.15) is 0 Å². The average Bonchev–Trinajstić information content (AvgIpc) is 2.22. The number of rotatable bonds is 2. The van der Waals surface area contributed by atoms with Crippen LogP contribution in [0.5, 0.6) is 0 Å². The fraction of sp³-hybridized carbons (Fsp3) is 1.00. The molecule has 0 saturated heterocycles. The van der Waals surface area contributed by atoms with E-state index in [9.17, 15) is 10.2 Å². The van der Waals surface area contributed by atoms with E-state index in [1.807, 2.05) is 6.92 Å². The maximum atomic E-state index is 10.7. The van der Waals surface area contributed by atoms with Gasteiger partial charge >= 0.3 is 0 Å². The van der Waals surface area contributed by atoms with Gasteiger partial charge in [-0.25, -0.2) is 0 Å². The Balaban J connectivity index is 2.35. The molecule has 0 aromatic heterocycles. The third-order valence-electron chi connectivity index (χ3n) is 6.18. The molecule has 0 bridgehead atoms. The first kappa shape index (κ1) is 14.3. The van der Waals surface area contributed by atoms with E-state index in [2.05, 4.69) is 20.8 Å². The first-order valence-corrected chi connectivity index (χ1v) is 7.57. The quantitative estimate of drug-likeness (QED) is 0.793. The van der Waals surface area contributed by atoms with Crippen LogP contribution in [0.4, 0.5) is 0 Å². The molecule has 2 heteroatoms. The van der Waals surface area contributed by atoms with Crippen LogP contribution in [0.1, 0.15) is 66.2 Å². The van der Waals surface area contributed by atoms with Gasteiger partial charge in [-0.3, -0.25) is 0 Å². The monoisotopic (exact) mass is 254 g/mol. The van der Waals surface area contributed by atoms with Gasteiger partial charge in [0.2, 0.25) is 0 Å². The third-order valence-corrected chi connectivity index (χ3v) is 6.18. The van der Waals surface area contributed by atoms with Gasteiger partial charge in [0.1, 0.15) is 0 Å². The Morgan fingerprint density at radius 3 is 2.33 bits per heavy atom. The molecule has 2 N–H and O–H groups in total. The molecule has 0 heterocycles. The standard InChI is InChI=1S/C16H30O2/c1-14(2)8-5-9-15(3)12(14)6-10-16(4,18)13(15)7-11-17/h12-13,17-18H,5-11H2,1-4H3/t12?,13-,15?,16+/m1/s1. The van der Waals surface area contributed by atoms with Gasteiger partial charge in [-0.1, -0.05) is 27.2 Å². The molecule has 2 unspecified atom stereocenters. The van der Waals surface area contributed by atoms with E-state index in [1.165, 1.54) is 19.3 Å². The molecular formula is C16H30O2. The summed E-state index contributed by atoms with van der Waals surface area (Å²) in [5, 5.41) is 20.1. The summed E-state index contributed by atoms with van der Waals surface area (Å²) < 4.78 is 0. The van der Waals surface area contributed by atoms with Crippen LogP contribution < -0.4 is 0 Å². The molecule has 0 amide bonds. The lowest BCUT2D eigenvalue weighted by Crippen LogP contribution is -2.57. The van der Waals surface area contributed by atoms with Crippen LogP contribution in [-0.2, 0) is 0 Å². The molecule has 0 spiro atoms. The van der Waals surface area contributed by atoms with Crippen molar-refractivity contribution in [3.8, 4) is 0 Å². The molecule has 2 aliphatic rings. The zero-order valence-electron chi connectivity index (χ0n) is 12.5. The van der Waals surface area contributed by atoms with Crippen LogP contribution >= 0.6 is 0 Å². The Bertz CT molecular complexity index is 308. The summed E-state index contributed by atoms with van der Waals surface area (Å²) in [6.45, 7) is 9.34. The Kier molecular flexibility index (Phi) is 3.57. The second-order valence-electron chi connectivity index (χ2n) is 7.86. The van der Waals surface area contributed by atoms with Crippen LogP contribution in [0.25, 0.3) is 0 Å². The smallest absolute Gasteiger partial charge is 0.0654 e. The van der Waals surface area contributed by atoms with E-state index in [4.69, 9.17) is 0 Å². The van der Waals surface area contributed by atoms with Crippen molar-refractivity contribution in [2.45, 2.75) is 71.8 Å². The summed E-state index contributed by atoms with van der Waals surface area (Å²) >= 11 is 0. The fourth-order valence-electron chi connectivity index (χ4n) is 5.39. The highest BCUT2D eigenvalue weighted by molar-refractivity contribution is 5.07. The lowest BCUT2D eigenvalue weighted by atomic mass is 9.45. The van der Waals surface area contributed by atoms with Gasteiger partial charge < -0.3 is 10.2 Å². The van der Waals surface area contributed by atoms with E-state index in [0.717, 1.165) is 19.3 Å². The van der Waals surface area contributed by atoms with Crippen molar-refractivity contribution < 1.29 is 10.2 Å². The summed E-state index contributed by atoms with van der Waals surface area (Å²) in [4.78, 5) is 0. The van der Waals surface area contributed by atoms with Crippen LogP contribution in [0, 0.1) is 22.7 Å². The van der Waals surface area contributed by atoms with E-state index in [0.29, 0.717) is 11.3 Å². The second-order valence-corrected chi connectivity index (χ2v) is 7.86. The molecule has 0 aromatic rings. The first-order chi connectivity index (χ1) is 8.24. The largest absolute Gasteiger partial charge is 0.396 e. The number of aliphatic hydroxyl groups excluding tert-OH is 1.